The van der Waals surface area contributed by atoms with E-state index >= 15 is 0 Å². The maximum absolute atomic E-state index is 13.3. The van der Waals surface area contributed by atoms with Crippen LogP contribution in [0.15, 0.2) is 42.5 Å². The van der Waals surface area contributed by atoms with E-state index in [1.807, 2.05) is 13.0 Å². The van der Waals surface area contributed by atoms with Gasteiger partial charge >= 0.3 is 0 Å². The predicted octanol–water partition coefficient (Wildman–Crippen LogP) is 3.43. The molecule has 0 heterocycles. The lowest BCUT2D eigenvalue weighted by Gasteiger charge is -2.22. The molecule has 128 valence electrons. The standard InChI is InChI=1S/C19H22FNO3/c1-4-21(13-14-6-5-7-16(20)10-14)19(22)12-15-11-17(23-2)8-9-18(15)24-3/h5-11H,4,12-13H2,1-3H3. The van der Waals surface area contributed by atoms with E-state index in [9.17, 15) is 9.18 Å². The lowest BCUT2D eigenvalue weighted by Crippen LogP contribution is -2.31. The molecule has 0 saturated carbocycles. The summed E-state index contributed by atoms with van der Waals surface area (Å²) in [7, 11) is 3.15. The van der Waals surface area contributed by atoms with Crippen molar-refractivity contribution >= 4 is 5.91 Å². The first kappa shape index (κ1) is 17.8. The van der Waals surface area contributed by atoms with Gasteiger partial charge in [-0.1, -0.05) is 12.1 Å². The SMILES string of the molecule is CCN(Cc1cccc(F)c1)C(=O)Cc1cc(OC)ccc1OC. The molecule has 1 amide bonds. The number of carbonyl (C=O) groups is 1. The van der Waals surface area contributed by atoms with Gasteiger partial charge < -0.3 is 14.4 Å². The van der Waals surface area contributed by atoms with E-state index in [1.165, 1.54) is 12.1 Å². The summed E-state index contributed by atoms with van der Waals surface area (Å²) < 4.78 is 23.8. The number of carbonyl (C=O) groups excluding carboxylic acids is 1. The Labute approximate surface area is 141 Å². The predicted molar refractivity (Wildman–Crippen MR) is 90.7 cm³/mol. The second-order valence-electron chi connectivity index (χ2n) is 5.39. The van der Waals surface area contributed by atoms with Crippen LogP contribution in [0.3, 0.4) is 0 Å². The Hall–Kier alpha value is -2.56. The summed E-state index contributed by atoms with van der Waals surface area (Å²) in [5.41, 5.74) is 1.53. The van der Waals surface area contributed by atoms with E-state index in [-0.39, 0.29) is 18.1 Å². The van der Waals surface area contributed by atoms with Crippen molar-refractivity contribution in [2.45, 2.75) is 19.9 Å². The zero-order valence-corrected chi connectivity index (χ0v) is 14.2. The van der Waals surface area contributed by atoms with Gasteiger partial charge in [0, 0.05) is 18.7 Å². The van der Waals surface area contributed by atoms with Crippen LogP contribution >= 0.6 is 0 Å². The summed E-state index contributed by atoms with van der Waals surface area (Å²) in [6.07, 6.45) is 0.198. The fourth-order valence-corrected chi connectivity index (χ4v) is 2.53. The van der Waals surface area contributed by atoms with Crippen molar-refractivity contribution in [2.24, 2.45) is 0 Å². The zero-order chi connectivity index (χ0) is 17.5. The Balaban J connectivity index is 2.14. The molecule has 0 saturated heterocycles. The van der Waals surface area contributed by atoms with Crippen LogP contribution in [0.25, 0.3) is 0 Å². The molecule has 0 aliphatic rings. The molecule has 0 aliphatic carbocycles. The average Bonchev–Trinajstić information content (AvgIpc) is 2.59. The van der Waals surface area contributed by atoms with Gasteiger partial charge in [0.2, 0.25) is 5.91 Å². The summed E-state index contributed by atoms with van der Waals surface area (Å²) in [4.78, 5) is 14.3. The lowest BCUT2D eigenvalue weighted by molar-refractivity contribution is -0.130. The fraction of sp³-hybridized carbons (Fsp3) is 0.316. The van der Waals surface area contributed by atoms with Crippen LogP contribution in [0.4, 0.5) is 4.39 Å². The minimum atomic E-state index is -0.300. The molecule has 4 nitrogen and oxygen atoms in total. The first-order valence-corrected chi connectivity index (χ1v) is 7.80. The highest BCUT2D eigenvalue weighted by molar-refractivity contribution is 5.79. The van der Waals surface area contributed by atoms with Gasteiger partial charge in [-0.05, 0) is 42.8 Å². The molecular weight excluding hydrogens is 309 g/mol. The molecule has 0 radical (unpaired) electrons. The summed E-state index contributed by atoms with van der Waals surface area (Å²) in [5.74, 6) is 0.969. The van der Waals surface area contributed by atoms with Crippen LogP contribution < -0.4 is 9.47 Å². The Morgan fingerprint density at radius 1 is 1.12 bits per heavy atom. The number of amides is 1. The minimum absolute atomic E-state index is 0.0479. The highest BCUT2D eigenvalue weighted by atomic mass is 19.1. The topological polar surface area (TPSA) is 38.8 Å². The van der Waals surface area contributed by atoms with Crippen molar-refractivity contribution in [2.75, 3.05) is 20.8 Å². The zero-order valence-electron chi connectivity index (χ0n) is 14.2. The van der Waals surface area contributed by atoms with E-state index in [4.69, 9.17) is 9.47 Å². The number of ether oxygens (including phenoxy) is 2. The molecule has 0 N–H and O–H groups in total. The van der Waals surface area contributed by atoms with Gasteiger partial charge in [-0.3, -0.25) is 4.79 Å². The maximum atomic E-state index is 13.3. The summed E-state index contributed by atoms with van der Waals surface area (Å²) >= 11 is 0. The largest absolute Gasteiger partial charge is 0.497 e. The number of nitrogens with zero attached hydrogens (tertiary/aromatic N) is 1. The number of benzene rings is 2. The van der Waals surface area contributed by atoms with Gasteiger partial charge in [-0.15, -0.1) is 0 Å². The molecule has 2 aromatic carbocycles. The first-order valence-electron chi connectivity index (χ1n) is 7.80. The van der Waals surface area contributed by atoms with Gasteiger partial charge in [-0.2, -0.15) is 0 Å². The van der Waals surface area contributed by atoms with Crippen LogP contribution in [-0.4, -0.2) is 31.6 Å². The smallest absolute Gasteiger partial charge is 0.227 e. The number of hydrogen-bond acceptors (Lipinski definition) is 3. The number of hydrogen-bond donors (Lipinski definition) is 0. The fourth-order valence-electron chi connectivity index (χ4n) is 2.53. The highest BCUT2D eigenvalue weighted by Crippen LogP contribution is 2.25. The molecule has 0 fully saturated rings. The molecule has 0 atom stereocenters. The van der Waals surface area contributed by atoms with Crippen LogP contribution in [-0.2, 0) is 17.8 Å². The molecule has 0 aliphatic heterocycles. The summed E-state index contributed by atoms with van der Waals surface area (Å²) in [6, 6.07) is 11.7. The third-order valence-corrected chi connectivity index (χ3v) is 3.83. The average molecular weight is 331 g/mol. The Morgan fingerprint density at radius 3 is 2.54 bits per heavy atom. The van der Waals surface area contributed by atoms with E-state index in [0.717, 1.165) is 11.1 Å². The minimum Gasteiger partial charge on any atom is -0.497 e. The second-order valence-corrected chi connectivity index (χ2v) is 5.39. The molecule has 0 spiro atoms. The third-order valence-electron chi connectivity index (χ3n) is 3.83. The van der Waals surface area contributed by atoms with E-state index < -0.39 is 0 Å². The van der Waals surface area contributed by atoms with Gasteiger partial charge in [0.1, 0.15) is 17.3 Å². The van der Waals surface area contributed by atoms with Crippen molar-refractivity contribution in [1.29, 1.82) is 0 Å². The Morgan fingerprint density at radius 2 is 1.92 bits per heavy atom. The van der Waals surface area contributed by atoms with Gasteiger partial charge in [0.05, 0.1) is 20.6 Å². The van der Waals surface area contributed by atoms with Crippen molar-refractivity contribution in [3.05, 3.63) is 59.4 Å². The normalized spacial score (nSPS) is 10.3. The first-order chi connectivity index (χ1) is 11.6. The molecule has 0 bridgehead atoms. The second kappa shape index (κ2) is 8.34. The Kier molecular flexibility index (Phi) is 6.18. The van der Waals surface area contributed by atoms with Crippen LogP contribution in [0, 0.1) is 5.82 Å². The van der Waals surface area contributed by atoms with E-state index in [1.54, 1.807) is 43.4 Å². The van der Waals surface area contributed by atoms with Crippen molar-refractivity contribution in [3.63, 3.8) is 0 Å². The van der Waals surface area contributed by atoms with Gasteiger partial charge in [0.15, 0.2) is 0 Å². The maximum Gasteiger partial charge on any atom is 0.227 e. The van der Waals surface area contributed by atoms with Crippen LogP contribution in [0.2, 0.25) is 0 Å². The molecule has 24 heavy (non-hydrogen) atoms. The molecule has 5 heteroatoms. The Bertz CT molecular complexity index is 703. The molecule has 0 aromatic heterocycles. The van der Waals surface area contributed by atoms with Gasteiger partial charge in [-0.25, -0.2) is 4.39 Å². The summed E-state index contributed by atoms with van der Waals surface area (Å²) in [5, 5.41) is 0. The number of rotatable bonds is 7. The monoisotopic (exact) mass is 331 g/mol. The number of methoxy groups -OCH3 is 2. The molecular formula is C19H22FNO3. The van der Waals surface area contributed by atoms with Crippen molar-refractivity contribution in [3.8, 4) is 11.5 Å². The van der Waals surface area contributed by atoms with Crippen molar-refractivity contribution in [1.82, 2.24) is 4.90 Å². The van der Waals surface area contributed by atoms with Crippen molar-refractivity contribution < 1.29 is 18.7 Å². The highest BCUT2D eigenvalue weighted by Gasteiger charge is 2.16. The molecule has 2 rings (SSSR count). The summed E-state index contributed by atoms with van der Waals surface area (Å²) in [6.45, 7) is 2.82. The number of likely N-dealkylation sites (N-methyl/N-ethyl adjacent to an activating group) is 1. The quantitative estimate of drug-likeness (QED) is 0.780. The lowest BCUT2D eigenvalue weighted by atomic mass is 10.1. The van der Waals surface area contributed by atoms with Crippen LogP contribution in [0.1, 0.15) is 18.1 Å². The van der Waals surface area contributed by atoms with E-state index in [0.29, 0.717) is 24.6 Å². The third kappa shape index (κ3) is 4.47. The molecule has 2 aromatic rings. The molecule has 0 unspecified atom stereocenters. The number of halogens is 1. The van der Waals surface area contributed by atoms with E-state index in [2.05, 4.69) is 0 Å². The van der Waals surface area contributed by atoms with Crippen LogP contribution in [0.5, 0.6) is 11.5 Å². The van der Waals surface area contributed by atoms with Gasteiger partial charge in [0.25, 0.3) is 0 Å².